The molecule has 5 heteroatoms. The van der Waals surface area contributed by atoms with E-state index in [2.05, 4.69) is 42.5 Å². The van der Waals surface area contributed by atoms with E-state index in [-0.39, 0.29) is 0 Å². The van der Waals surface area contributed by atoms with Gasteiger partial charge in [-0.1, -0.05) is 19.9 Å². The van der Waals surface area contributed by atoms with Crippen molar-refractivity contribution >= 4 is 5.96 Å². The summed E-state index contributed by atoms with van der Waals surface area (Å²) >= 11 is 0. The fourth-order valence-corrected chi connectivity index (χ4v) is 2.33. The van der Waals surface area contributed by atoms with Crippen molar-refractivity contribution in [2.45, 2.75) is 40.0 Å². The molecule has 1 aromatic carbocycles. The van der Waals surface area contributed by atoms with Crippen molar-refractivity contribution in [3.63, 3.8) is 0 Å². The fraction of sp³-hybridized carbons (Fsp3) is 0.632. The summed E-state index contributed by atoms with van der Waals surface area (Å²) in [5.41, 5.74) is 1.24. The maximum absolute atomic E-state index is 5.34. The molecule has 0 amide bonds. The highest BCUT2D eigenvalue weighted by Crippen LogP contribution is 2.27. The van der Waals surface area contributed by atoms with Crippen LogP contribution < -0.4 is 20.1 Å². The van der Waals surface area contributed by atoms with Crippen LogP contribution in [0.25, 0.3) is 0 Å². The Morgan fingerprint density at radius 2 is 1.88 bits per heavy atom. The summed E-state index contributed by atoms with van der Waals surface area (Å²) in [6.45, 7) is 9.18. The minimum absolute atomic E-state index is 0.699. The first-order valence-electron chi connectivity index (χ1n) is 8.83. The molecule has 1 rings (SSSR count). The molecule has 0 saturated heterocycles. The molecule has 0 saturated carbocycles. The molecule has 0 aliphatic heterocycles. The van der Waals surface area contributed by atoms with Gasteiger partial charge in [-0.2, -0.15) is 0 Å². The minimum atomic E-state index is 0.699. The molecule has 0 aliphatic rings. The second-order valence-corrected chi connectivity index (χ2v) is 6.16. The van der Waals surface area contributed by atoms with Crippen LogP contribution >= 0.6 is 0 Å². The molecule has 0 spiro atoms. The molecule has 2 N–H and O–H groups in total. The predicted molar refractivity (Wildman–Crippen MR) is 101 cm³/mol. The number of methoxy groups -OCH3 is 2. The highest BCUT2D eigenvalue weighted by atomic mass is 16.5. The molecule has 0 radical (unpaired) electrons. The van der Waals surface area contributed by atoms with Crippen LogP contribution in [-0.4, -0.2) is 39.8 Å². The summed E-state index contributed by atoms with van der Waals surface area (Å²) in [5.74, 6) is 3.15. The van der Waals surface area contributed by atoms with Gasteiger partial charge in [0.25, 0.3) is 0 Å². The van der Waals surface area contributed by atoms with Crippen LogP contribution in [0.5, 0.6) is 11.5 Å². The average molecular weight is 335 g/mol. The number of hydrogen-bond acceptors (Lipinski definition) is 3. The maximum Gasteiger partial charge on any atom is 0.191 e. The number of guanidine groups is 1. The van der Waals surface area contributed by atoms with Gasteiger partial charge in [-0.05, 0) is 49.8 Å². The summed E-state index contributed by atoms with van der Waals surface area (Å²) in [4.78, 5) is 4.64. The second kappa shape index (κ2) is 11.6. The standard InChI is InChI=1S/C19H33N3O2/c1-6-20-19(22-13-11-15(2)3)21-12-7-8-16-9-10-17(23-4)18(14-16)24-5/h9-10,14-15H,6-8,11-13H2,1-5H3,(H2,20,21,22). The third-order valence-electron chi connectivity index (χ3n) is 3.70. The first-order valence-corrected chi connectivity index (χ1v) is 8.83. The van der Waals surface area contributed by atoms with Crippen molar-refractivity contribution in [3.8, 4) is 11.5 Å². The summed E-state index contributed by atoms with van der Waals surface area (Å²) in [6, 6.07) is 6.07. The van der Waals surface area contributed by atoms with E-state index in [1.807, 2.05) is 12.1 Å². The van der Waals surface area contributed by atoms with Crippen LogP contribution in [0, 0.1) is 5.92 Å². The summed E-state index contributed by atoms with van der Waals surface area (Å²) in [5, 5.41) is 6.68. The van der Waals surface area contributed by atoms with Gasteiger partial charge in [0.05, 0.1) is 14.2 Å². The van der Waals surface area contributed by atoms with Crippen molar-refractivity contribution in [1.82, 2.24) is 10.6 Å². The van der Waals surface area contributed by atoms with Crippen LogP contribution in [0.4, 0.5) is 0 Å². The van der Waals surface area contributed by atoms with Crippen molar-refractivity contribution in [2.75, 3.05) is 33.9 Å². The van der Waals surface area contributed by atoms with E-state index >= 15 is 0 Å². The number of nitrogens with zero attached hydrogens (tertiary/aromatic N) is 1. The van der Waals surface area contributed by atoms with E-state index in [4.69, 9.17) is 9.47 Å². The Morgan fingerprint density at radius 1 is 1.12 bits per heavy atom. The van der Waals surface area contributed by atoms with Gasteiger partial charge in [-0.3, -0.25) is 4.99 Å². The molecular weight excluding hydrogens is 302 g/mol. The molecule has 0 fully saturated rings. The Hall–Kier alpha value is -1.91. The Bertz CT molecular complexity index is 501. The lowest BCUT2D eigenvalue weighted by atomic mass is 10.1. The van der Waals surface area contributed by atoms with Crippen molar-refractivity contribution in [1.29, 1.82) is 0 Å². The van der Waals surface area contributed by atoms with Gasteiger partial charge >= 0.3 is 0 Å². The van der Waals surface area contributed by atoms with Crippen molar-refractivity contribution in [2.24, 2.45) is 10.9 Å². The maximum atomic E-state index is 5.34. The first kappa shape index (κ1) is 20.1. The number of ether oxygens (including phenoxy) is 2. The monoisotopic (exact) mass is 335 g/mol. The van der Waals surface area contributed by atoms with E-state index in [0.717, 1.165) is 56.4 Å². The van der Waals surface area contributed by atoms with Crippen molar-refractivity contribution < 1.29 is 9.47 Å². The Balaban J connectivity index is 2.46. The van der Waals surface area contributed by atoms with Crippen LogP contribution in [-0.2, 0) is 6.42 Å². The van der Waals surface area contributed by atoms with Gasteiger partial charge in [0.1, 0.15) is 0 Å². The van der Waals surface area contributed by atoms with Crippen LogP contribution in [0.2, 0.25) is 0 Å². The average Bonchev–Trinajstić information content (AvgIpc) is 2.58. The molecule has 5 nitrogen and oxygen atoms in total. The molecule has 136 valence electrons. The number of benzene rings is 1. The number of aryl methyl sites for hydroxylation is 1. The number of nitrogens with one attached hydrogen (secondary N) is 2. The van der Waals surface area contributed by atoms with Crippen LogP contribution in [0.1, 0.15) is 39.2 Å². The largest absolute Gasteiger partial charge is 0.493 e. The molecule has 0 aliphatic carbocycles. The van der Waals surface area contributed by atoms with Gasteiger partial charge in [0.2, 0.25) is 0 Å². The molecule has 0 atom stereocenters. The van der Waals surface area contributed by atoms with Crippen LogP contribution in [0.3, 0.4) is 0 Å². The molecule has 0 unspecified atom stereocenters. The van der Waals surface area contributed by atoms with Gasteiger partial charge in [0.15, 0.2) is 17.5 Å². The zero-order valence-corrected chi connectivity index (χ0v) is 15.8. The van der Waals surface area contributed by atoms with Gasteiger partial charge in [-0.15, -0.1) is 0 Å². The summed E-state index contributed by atoms with van der Waals surface area (Å²) in [6.07, 6.45) is 3.11. The highest BCUT2D eigenvalue weighted by Gasteiger charge is 2.04. The molecule has 0 heterocycles. The fourth-order valence-electron chi connectivity index (χ4n) is 2.33. The van der Waals surface area contributed by atoms with Gasteiger partial charge in [0, 0.05) is 19.6 Å². The summed E-state index contributed by atoms with van der Waals surface area (Å²) < 4.78 is 10.6. The van der Waals surface area contributed by atoms with E-state index in [0.29, 0.717) is 5.92 Å². The topological polar surface area (TPSA) is 54.9 Å². The third-order valence-corrected chi connectivity index (χ3v) is 3.70. The lowest BCUT2D eigenvalue weighted by molar-refractivity contribution is 0.354. The molecule has 0 bridgehead atoms. The molecule has 0 aromatic heterocycles. The number of aliphatic imine (C=N–C) groups is 1. The number of hydrogen-bond donors (Lipinski definition) is 2. The minimum Gasteiger partial charge on any atom is -0.493 e. The molecular formula is C19H33N3O2. The van der Waals surface area contributed by atoms with E-state index in [1.165, 1.54) is 5.56 Å². The summed E-state index contributed by atoms with van der Waals surface area (Å²) in [7, 11) is 3.32. The van der Waals surface area contributed by atoms with Crippen LogP contribution in [0.15, 0.2) is 23.2 Å². The first-order chi connectivity index (χ1) is 11.6. The normalized spacial score (nSPS) is 11.5. The Morgan fingerprint density at radius 3 is 2.50 bits per heavy atom. The van der Waals surface area contributed by atoms with E-state index in [9.17, 15) is 0 Å². The van der Waals surface area contributed by atoms with Gasteiger partial charge < -0.3 is 20.1 Å². The van der Waals surface area contributed by atoms with Gasteiger partial charge in [-0.25, -0.2) is 0 Å². The zero-order chi connectivity index (χ0) is 17.8. The molecule has 1 aromatic rings. The number of rotatable bonds is 10. The Kier molecular flexibility index (Phi) is 9.73. The SMILES string of the molecule is CCNC(=NCCCc1ccc(OC)c(OC)c1)NCCC(C)C. The zero-order valence-electron chi connectivity index (χ0n) is 15.8. The third kappa shape index (κ3) is 7.57. The second-order valence-electron chi connectivity index (χ2n) is 6.16. The lowest BCUT2D eigenvalue weighted by Crippen LogP contribution is -2.38. The smallest absolute Gasteiger partial charge is 0.191 e. The molecule has 24 heavy (non-hydrogen) atoms. The van der Waals surface area contributed by atoms with Crippen molar-refractivity contribution in [3.05, 3.63) is 23.8 Å². The quantitative estimate of drug-likeness (QED) is 0.391. The lowest BCUT2D eigenvalue weighted by Gasteiger charge is -2.12. The van der Waals surface area contributed by atoms with E-state index < -0.39 is 0 Å². The highest BCUT2D eigenvalue weighted by molar-refractivity contribution is 5.79. The Labute approximate surface area is 146 Å². The predicted octanol–water partition coefficient (Wildman–Crippen LogP) is 3.24. The van der Waals surface area contributed by atoms with E-state index in [1.54, 1.807) is 14.2 Å².